The van der Waals surface area contributed by atoms with Crippen molar-refractivity contribution in [2.75, 3.05) is 0 Å². The van der Waals surface area contributed by atoms with Gasteiger partial charge < -0.3 is 5.32 Å². The molecule has 4 aromatic rings. The molecule has 0 unspecified atom stereocenters. The summed E-state index contributed by atoms with van der Waals surface area (Å²) >= 11 is 0. The number of aromatic nitrogens is 3. The molecule has 1 amide bonds. The van der Waals surface area contributed by atoms with Crippen LogP contribution in [0.3, 0.4) is 0 Å². The lowest BCUT2D eigenvalue weighted by Gasteiger charge is -2.19. The highest BCUT2D eigenvalue weighted by Gasteiger charge is 2.17. The van der Waals surface area contributed by atoms with Gasteiger partial charge in [0.25, 0.3) is 5.91 Å². The SMILES string of the molecule is CCn1nnc2cc(C(=O)N[C@H](Cc3ccccc3)c3ccccc3)ccc21. The van der Waals surface area contributed by atoms with E-state index in [9.17, 15) is 4.79 Å². The maximum absolute atomic E-state index is 13.0. The van der Waals surface area contributed by atoms with Crippen LogP contribution >= 0.6 is 0 Å². The number of amides is 1. The Balaban J connectivity index is 1.60. The molecule has 0 saturated carbocycles. The van der Waals surface area contributed by atoms with Crippen LogP contribution < -0.4 is 5.32 Å². The molecule has 0 bridgehead atoms. The van der Waals surface area contributed by atoms with Gasteiger partial charge in [-0.15, -0.1) is 5.10 Å². The number of nitrogens with zero attached hydrogens (tertiary/aromatic N) is 3. The fourth-order valence-electron chi connectivity index (χ4n) is 3.38. The van der Waals surface area contributed by atoms with Crippen LogP contribution in [0.15, 0.2) is 78.9 Å². The zero-order chi connectivity index (χ0) is 19.3. The molecule has 1 atom stereocenters. The second kappa shape index (κ2) is 8.05. The first-order valence-corrected chi connectivity index (χ1v) is 9.47. The average molecular weight is 370 g/mol. The van der Waals surface area contributed by atoms with Gasteiger partial charge in [-0.1, -0.05) is 65.9 Å². The van der Waals surface area contributed by atoms with E-state index < -0.39 is 0 Å². The predicted molar refractivity (Wildman–Crippen MR) is 110 cm³/mol. The van der Waals surface area contributed by atoms with Crippen LogP contribution in [0.2, 0.25) is 0 Å². The minimum atomic E-state index is -0.113. The molecule has 0 aliphatic rings. The molecule has 4 rings (SSSR count). The number of hydrogen-bond donors (Lipinski definition) is 1. The van der Waals surface area contributed by atoms with Gasteiger partial charge in [0, 0.05) is 12.1 Å². The molecule has 1 N–H and O–H groups in total. The van der Waals surface area contributed by atoms with Crippen molar-refractivity contribution in [3.63, 3.8) is 0 Å². The minimum Gasteiger partial charge on any atom is -0.345 e. The third kappa shape index (κ3) is 3.78. The largest absolute Gasteiger partial charge is 0.345 e. The summed E-state index contributed by atoms with van der Waals surface area (Å²) in [6.07, 6.45) is 0.727. The summed E-state index contributed by atoms with van der Waals surface area (Å²) in [5.74, 6) is -0.113. The number of fused-ring (bicyclic) bond motifs is 1. The number of rotatable bonds is 6. The van der Waals surface area contributed by atoms with E-state index in [1.54, 1.807) is 6.07 Å². The Hall–Kier alpha value is -3.47. The highest BCUT2D eigenvalue weighted by atomic mass is 16.1. The van der Waals surface area contributed by atoms with Gasteiger partial charge in [-0.3, -0.25) is 4.79 Å². The number of nitrogens with one attached hydrogen (secondary N) is 1. The molecule has 28 heavy (non-hydrogen) atoms. The molecule has 1 aromatic heterocycles. The zero-order valence-corrected chi connectivity index (χ0v) is 15.7. The molecule has 3 aromatic carbocycles. The fraction of sp³-hybridized carbons (Fsp3) is 0.174. The van der Waals surface area contributed by atoms with E-state index in [-0.39, 0.29) is 11.9 Å². The Morgan fingerprint density at radius 1 is 1.00 bits per heavy atom. The van der Waals surface area contributed by atoms with Crippen molar-refractivity contribution in [3.05, 3.63) is 95.6 Å². The molecule has 0 aliphatic carbocycles. The quantitative estimate of drug-likeness (QED) is 0.554. The number of hydrogen-bond acceptors (Lipinski definition) is 3. The number of benzene rings is 3. The van der Waals surface area contributed by atoms with E-state index in [0.717, 1.165) is 29.6 Å². The van der Waals surface area contributed by atoms with Crippen molar-refractivity contribution in [1.82, 2.24) is 20.3 Å². The Bertz CT molecular complexity index is 1070. The monoisotopic (exact) mass is 370 g/mol. The number of carbonyl (C=O) groups excluding carboxylic acids is 1. The first kappa shape index (κ1) is 17.9. The van der Waals surface area contributed by atoms with E-state index in [1.165, 1.54) is 5.56 Å². The maximum Gasteiger partial charge on any atom is 0.251 e. The van der Waals surface area contributed by atoms with Crippen LogP contribution in [0.25, 0.3) is 11.0 Å². The van der Waals surface area contributed by atoms with E-state index >= 15 is 0 Å². The number of aryl methyl sites for hydroxylation is 1. The molecule has 5 heteroatoms. The van der Waals surface area contributed by atoms with Gasteiger partial charge in [0.05, 0.1) is 11.6 Å². The van der Waals surface area contributed by atoms with Crippen molar-refractivity contribution in [3.8, 4) is 0 Å². The maximum atomic E-state index is 13.0. The standard InChI is InChI=1S/C23H22N4O/c1-2-27-22-14-13-19(16-21(22)25-26-27)23(28)24-20(18-11-7-4-8-12-18)15-17-9-5-3-6-10-17/h3-14,16,20H,2,15H2,1H3,(H,24,28)/t20-/m1/s1. The van der Waals surface area contributed by atoms with Crippen LogP contribution in [-0.2, 0) is 13.0 Å². The predicted octanol–water partition coefficient (Wildman–Crippen LogP) is 4.17. The lowest BCUT2D eigenvalue weighted by atomic mass is 9.98. The summed E-state index contributed by atoms with van der Waals surface area (Å²) < 4.78 is 1.82. The van der Waals surface area contributed by atoms with Crippen LogP contribution in [0, 0.1) is 0 Å². The van der Waals surface area contributed by atoms with E-state index in [1.807, 2.05) is 72.3 Å². The number of carbonyl (C=O) groups is 1. The first-order valence-electron chi connectivity index (χ1n) is 9.47. The third-order valence-electron chi connectivity index (χ3n) is 4.87. The Labute approximate surface area is 164 Å². The first-order chi connectivity index (χ1) is 13.7. The highest BCUT2D eigenvalue weighted by molar-refractivity contribution is 5.97. The summed E-state index contributed by atoms with van der Waals surface area (Å²) in [5.41, 5.74) is 4.51. The van der Waals surface area contributed by atoms with Gasteiger partial charge >= 0.3 is 0 Å². The zero-order valence-electron chi connectivity index (χ0n) is 15.7. The fourth-order valence-corrected chi connectivity index (χ4v) is 3.38. The van der Waals surface area contributed by atoms with Gasteiger partial charge in [-0.2, -0.15) is 0 Å². The summed E-state index contributed by atoms with van der Waals surface area (Å²) in [6.45, 7) is 2.76. The van der Waals surface area contributed by atoms with Gasteiger partial charge in [0.15, 0.2) is 0 Å². The summed E-state index contributed by atoms with van der Waals surface area (Å²) in [5, 5.41) is 11.5. The molecule has 5 nitrogen and oxygen atoms in total. The Morgan fingerprint density at radius 2 is 1.71 bits per heavy atom. The molecule has 140 valence electrons. The molecule has 0 radical (unpaired) electrons. The van der Waals surface area contributed by atoms with Gasteiger partial charge in [-0.05, 0) is 42.7 Å². The van der Waals surface area contributed by atoms with E-state index in [0.29, 0.717) is 5.56 Å². The Kier molecular flexibility index (Phi) is 5.15. The molecule has 0 fully saturated rings. The Morgan fingerprint density at radius 3 is 2.43 bits per heavy atom. The van der Waals surface area contributed by atoms with Crippen LogP contribution in [0.4, 0.5) is 0 Å². The van der Waals surface area contributed by atoms with Crippen LogP contribution in [0.1, 0.15) is 34.5 Å². The van der Waals surface area contributed by atoms with Gasteiger partial charge in [0.1, 0.15) is 5.52 Å². The van der Waals surface area contributed by atoms with Crippen molar-refractivity contribution in [2.45, 2.75) is 25.9 Å². The van der Waals surface area contributed by atoms with E-state index in [4.69, 9.17) is 0 Å². The second-order valence-electron chi connectivity index (χ2n) is 6.74. The second-order valence-corrected chi connectivity index (χ2v) is 6.74. The summed E-state index contributed by atoms with van der Waals surface area (Å²) in [4.78, 5) is 13.0. The van der Waals surface area contributed by atoms with Crippen molar-refractivity contribution in [2.24, 2.45) is 0 Å². The lowest BCUT2D eigenvalue weighted by Crippen LogP contribution is -2.30. The average Bonchev–Trinajstić information content (AvgIpc) is 3.17. The topological polar surface area (TPSA) is 59.8 Å². The van der Waals surface area contributed by atoms with Crippen molar-refractivity contribution >= 4 is 16.9 Å². The normalized spacial score (nSPS) is 12.0. The molecule has 0 aliphatic heterocycles. The van der Waals surface area contributed by atoms with Gasteiger partial charge in [0.2, 0.25) is 0 Å². The summed E-state index contributed by atoms with van der Waals surface area (Å²) in [7, 11) is 0. The minimum absolute atomic E-state index is 0.113. The lowest BCUT2D eigenvalue weighted by molar-refractivity contribution is 0.0936. The highest BCUT2D eigenvalue weighted by Crippen LogP contribution is 2.20. The smallest absolute Gasteiger partial charge is 0.251 e. The third-order valence-corrected chi connectivity index (χ3v) is 4.87. The summed E-state index contributed by atoms with van der Waals surface area (Å²) in [6, 6.07) is 25.7. The van der Waals surface area contributed by atoms with Crippen LogP contribution in [-0.4, -0.2) is 20.9 Å². The molecule has 0 saturated heterocycles. The van der Waals surface area contributed by atoms with Gasteiger partial charge in [-0.25, -0.2) is 4.68 Å². The van der Waals surface area contributed by atoms with E-state index in [2.05, 4.69) is 27.8 Å². The van der Waals surface area contributed by atoms with Crippen molar-refractivity contribution in [1.29, 1.82) is 0 Å². The van der Waals surface area contributed by atoms with Crippen LogP contribution in [0.5, 0.6) is 0 Å². The molecule has 1 heterocycles. The molecule has 0 spiro atoms. The van der Waals surface area contributed by atoms with Crippen molar-refractivity contribution < 1.29 is 4.79 Å². The molecular formula is C23H22N4O. The molecular weight excluding hydrogens is 348 g/mol.